The van der Waals surface area contributed by atoms with Crippen LogP contribution in [-0.4, -0.2) is 38.9 Å². The molecule has 5 nitrogen and oxygen atoms in total. The van der Waals surface area contributed by atoms with Crippen molar-refractivity contribution in [1.82, 2.24) is 5.32 Å². The fourth-order valence-electron chi connectivity index (χ4n) is 2.13. The molecule has 0 aliphatic carbocycles. The third kappa shape index (κ3) is 7.92. The fraction of sp³-hybridized carbons (Fsp3) is 0.562. The van der Waals surface area contributed by atoms with E-state index in [9.17, 15) is 26.4 Å². The van der Waals surface area contributed by atoms with Gasteiger partial charge >= 0.3 is 6.18 Å². The summed E-state index contributed by atoms with van der Waals surface area (Å²) in [4.78, 5) is 12.0. The summed E-state index contributed by atoms with van der Waals surface area (Å²) in [6.07, 6.45) is -3.41. The second kappa shape index (κ2) is 9.05. The number of sulfone groups is 1. The molecule has 0 bridgehead atoms. The van der Waals surface area contributed by atoms with Crippen LogP contribution in [0.25, 0.3) is 0 Å². The molecule has 0 saturated heterocycles. The molecule has 26 heavy (non-hydrogen) atoms. The molecule has 1 aromatic rings. The minimum Gasteiger partial charge on any atom is -0.354 e. The predicted octanol–water partition coefficient (Wildman–Crippen LogP) is 2.28. The Labute approximate surface area is 157 Å². The maximum Gasteiger partial charge on any atom is 0.416 e. The van der Waals surface area contributed by atoms with Crippen LogP contribution in [0.4, 0.5) is 13.2 Å². The molecule has 0 aliphatic heterocycles. The van der Waals surface area contributed by atoms with E-state index in [1.807, 2.05) is 0 Å². The smallest absolute Gasteiger partial charge is 0.354 e. The van der Waals surface area contributed by atoms with Gasteiger partial charge in [-0.2, -0.15) is 13.2 Å². The van der Waals surface area contributed by atoms with E-state index in [1.165, 1.54) is 6.07 Å². The summed E-state index contributed by atoms with van der Waals surface area (Å²) in [6.45, 7) is 3.47. The molecule has 0 spiro atoms. The third-order valence-corrected chi connectivity index (χ3v) is 4.79. The average molecular weight is 417 g/mol. The molecule has 0 radical (unpaired) electrons. The van der Waals surface area contributed by atoms with E-state index in [0.717, 1.165) is 18.4 Å². The van der Waals surface area contributed by atoms with Crippen molar-refractivity contribution in [3.05, 3.63) is 35.4 Å². The third-order valence-electron chi connectivity index (χ3n) is 3.81. The van der Waals surface area contributed by atoms with Gasteiger partial charge in [-0.15, -0.1) is 12.4 Å². The van der Waals surface area contributed by atoms with Crippen LogP contribution in [0.5, 0.6) is 0 Å². The van der Waals surface area contributed by atoms with Gasteiger partial charge in [0, 0.05) is 18.2 Å². The lowest BCUT2D eigenvalue weighted by molar-refractivity contribution is -0.137. The monoisotopic (exact) mass is 416 g/mol. The predicted molar refractivity (Wildman–Crippen MR) is 97.0 cm³/mol. The van der Waals surface area contributed by atoms with Crippen LogP contribution in [-0.2, 0) is 26.2 Å². The van der Waals surface area contributed by atoms with Gasteiger partial charge in [0.15, 0.2) is 0 Å². The summed E-state index contributed by atoms with van der Waals surface area (Å²) >= 11 is 0. The van der Waals surface area contributed by atoms with Gasteiger partial charge in [0.2, 0.25) is 5.91 Å². The Morgan fingerprint density at radius 3 is 2.27 bits per heavy atom. The second-order valence-corrected chi connectivity index (χ2v) is 8.97. The van der Waals surface area contributed by atoms with Gasteiger partial charge in [-0.1, -0.05) is 32.0 Å². The lowest BCUT2D eigenvalue weighted by Gasteiger charge is -2.27. The molecule has 0 aliphatic rings. The minimum absolute atomic E-state index is 0. The van der Waals surface area contributed by atoms with Crippen LogP contribution in [0.3, 0.4) is 0 Å². The molecule has 1 atom stereocenters. The fourth-order valence-corrected chi connectivity index (χ4v) is 2.81. The van der Waals surface area contributed by atoms with Gasteiger partial charge < -0.3 is 11.1 Å². The number of rotatable bonds is 7. The van der Waals surface area contributed by atoms with Gasteiger partial charge in [0.1, 0.15) is 9.84 Å². The number of benzene rings is 1. The van der Waals surface area contributed by atoms with E-state index >= 15 is 0 Å². The Hall–Kier alpha value is -1.32. The van der Waals surface area contributed by atoms with Crippen molar-refractivity contribution >= 4 is 28.2 Å². The Bertz CT molecular complexity index is 722. The van der Waals surface area contributed by atoms with Gasteiger partial charge in [0.05, 0.1) is 17.4 Å². The zero-order valence-electron chi connectivity index (χ0n) is 14.8. The first kappa shape index (κ1) is 24.7. The molecule has 0 aromatic heterocycles. The van der Waals surface area contributed by atoms with Crippen LogP contribution in [0, 0.1) is 0 Å². The Morgan fingerprint density at radius 1 is 1.23 bits per heavy atom. The summed E-state index contributed by atoms with van der Waals surface area (Å²) < 4.78 is 60.7. The van der Waals surface area contributed by atoms with Gasteiger partial charge in [-0.05, 0) is 18.1 Å². The standard InChI is InChI=1S/C16H23F3N2O3S.ClH/c1-15(2,11-5-4-6-12(9-11)16(17,18)19)10-21-14(22)13(20)7-8-25(3,23)24;/h4-6,9,13H,7-8,10,20H2,1-3H3,(H,21,22);1H. The molecular formula is C16H24ClF3N2O3S. The number of hydrogen-bond donors (Lipinski definition) is 2. The number of halogens is 4. The number of nitrogens with one attached hydrogen (secondary N) is 1. The highest BCUT2D eigenvalue weighted by Gasteiger charge is 2.32. The normalized spacial score (nSPS) is 13.7. The van der Waals surface area contributed by atoms with Crippen LogP contribution < -0.4 is 11.1 Å². The van der Waals surface area contributed by atoms with Crippen LogP contribution in [0.1, 0.15) is 31.4 Å². The van der Waals surface area contributed by atoms with Crippen LogP contribution in [0.15, 0.2) is 24.3 Å². The largest absolute Gasteiger partial charge is 0.416 e. The quantitative estimate of drug-likeness (QED) is 0.713. The van der Waals surface area contributed by atoms with Crippen molar-refractivity contribution in [2.75, 3.05) is 18.6 Å². The molecule has 0 fully saturated rings. The summed E-state index contributed by atoms with van der Waals surface area (Å²) in [7, 11) is -3.22. The van der Waals surface area contributed by atoms with E-state index < -0.39 is 38.9 Å². The number of alkyl halides is 3. The highest BCUT2D eigenvalue weighted by Crippen LogP contribution is 2.32. The summed E-state index contributed by atoms with van der Waals surface area (Å²) in [5.74, 6) is -0.748. The van der Waals surface area contributed by atoms with Gasteiger partial charge in [0.25, 0.3) is 0 Å². The molecule has 10 heteroatoms. The van der Waals surface area contributed by atoms with Crippen molar-refractivity contribution in [2.24, 2.45) is 5.73 Å². The molecule has 0 saturated carbocycles. The highest BCUT2D eigenvalue weighted by molar-refractivity contribution is 7.90. The Morgan fingerprint density at radius 2 is 1.77 bits per heavy atom. The Balaban J connectivity index is 0.00000625. The SMILES string of the molecule is CC(C)(CNC(=O)C(N)CCS(C)(=O)=O)c1cccc(C(F)(F)F)c1.Cl. The first-order chi connectivity index (χ1) is 11.2. The summed E-state index contributed by atoms with van der Waals surface area (Å²) in [6, 6.07) is 3.92. The molecule has 1 amide bonds. The number of carbonyl (C=O) groups excluding carboxylic acids is 1. The molecule has 0 heterocycles. The number of amides is 1. The van der Waals surface area contributed by atoms with Crippen molar-refractivity contribution in [3.8, 4) is 0 Å². The number of hydrogen-bond acceptors (Lipinski definition) is 4. The Kier molecular flexibility index (Phi) is 8.59. The highest BCUT2D eigenvalue weighted by atomic mass is 35.5. The van der Waals surface area contributed by atoms with E-state index in [4.69, 9.17) is 5.73 Å². The topological polar surface area (TPSA) is 89.3 Å². The van der Waals surface area contributed by atoms with Gasteiger partial charge in [-0.25, -0.2) is 8.42 Å². The summed E-state index contributed by atoms with van der Waals surface area (Å²) in [5, 5.41) is 2.58. The molecule has 1 unspecified atom stereocenters. The zero-order chi connectivity index (χ0) is 19.5. The molecule has 1 rings (SSSR count). The van der Waals surface area contributed by atoms with Crippen molar-refractivity contribution in [3.63, 3.8) is 0 Å². The molecule has 1 aromatic carbocycles. The van der Waals surface area contributed by atoms with E-state index in [2.05, 4.69) is 5.32 Å². The van der Waals surface area contributed by atoms with Crippen molar-refractivity contribution in [1.29, 1.82) is 0 Å². The lowest BCUT2D eigenvalue weighted by Crippen LogP contribution is -2.45. The minimum atomic E-state index is -4.44. The van der Waals surface area contributed by atoms with E-state index in [-0.39, 0.29) is 31.1 Å². The van der Waals surface area contributed by atoms with Crippen molar-refractivity contribution in [2.45, 2.75) is 37.9 Å². The number of carbonyl (C=O) groups is 1. The average Bonchev–Trinajstić information content (AvgIpc) is 2.49. The molecular weight excluding hydrogens is 393 g/mol. The first-order valence-corrected chi connectivity index (χ1v) is 9.67. The maximum atomic E-state index is 12.8. The van der Waals surface area contributed by atoms with Crippen LogP contribution in [0.2, 0.25) is 0 Å². The van der Waals surface area contributed by atoms with Crippen LogP contribution >= 0.6 is 12.4 Å². The summed E-state index contributed by atoms with van der Waals surface area (Å²) in [5.41, 5.74) is 4.56. The maximum absolute atomic E-state index is 12.8. The lowest BCUT2D eigenvalue weighted by atomic mass is 9.83. The van der Waals surface area contributed by atoms with Gasteiger partial charge in [-0.3, -0.25) is 4.79 Å². The van der Waals surface area contributed by atoms with E-state index in [1.54, 1.807) is 19.9 Å². The van der Waals surface area contributed by atoms with Crippen molar-refractivity contribution < 1.29 is 26.4 Å². The second-order valence-electron chi connectivity index (χ2n) is 6.71. The first-order valence-electron chi connectivity index (χ1n) is 7.61. The van der Waals surface area contributed by atoms with E-state index in [0.29, 0.717) is 5.56 Å². The molecule has 150 valence electrons. The number of nitrogens with two attached hydrogens (primary N) is 1. The zero-order valence-corrected chi connectivity index (χ0v) is 16.4. The molecule has 3 N–H and O–H groups in total.